The molecule has 0 aliphatic carbocycles. The van der Waals surface area contributed by atoms with Crippen molar-refractivity contribution in [3.05, 3.63) is 53.6 Å². The SMILES string of the molecule is Cc1ccccc1NC(=O)C(=O)NC[C@@H](c1ccc2c(c1)OCO2)[NH+]1CC[NH+](C)CC1. The molecule has 2 aromatic rings. The monoisotopic (exact) mass is 426 g/mol. The van der Waals surface area contributed by atoms with Crippen LogP contribution in [0.25, 0.3) is 0 Å². The number of para-hydroxylation sites is 1. The zero-order valence-electron chi connectivity index (χ0n) is 18.0. The number of ether oxygens (including phenoxy) is 2. The molecule has 2 aromatic carbocycles. The highest BCUT2D eigenvalue weighted by atomic mass is 16.7. The zero-order valence-corrected chi connectivity index (χ0v) is 18.0. The van der Waals surface area contributed by atoms with Gasteiger partial charge in [0, 0.05) is 11.3 Å². The van der Waals surface area contributed by atoms with Crippen molar-refractivity contribution >= 4 is 17.5 Å². The molecule has 8 nitrogen and oxygen atoms in total. The van der Waals surface area contributed by atoms with Crippen molar-refractivity contribution in [2.24, 2.45) is 0 Å². The van der Waals surface area contributed by atoms with Gasteiger partial charge in [-0.05, 0) is 36.8 Å². The fraction of sp³-hybridized carbons (Fsp3) is 0.391. The number of nitrogens with one attached hydrogen (secondary N) is 4. The average Bonchev–Trinajstić information content (AvgIpc) is 3.24. The normalized spacial score (nSPS) is 20.7. The molecule has 1 fully saturated rings. The predicted octanol–water partition coefficient (Wildman–Crippen LogP) is -1.07. The van der Waals surface area contributed by atoms with Crippen molar-refractivity contribution in [3.8, 4) is 11.5 Å². The molecule has 0 saturated carbocycles. The Morgan fingerprint density at radius 2 is 1.74 bits per heavy atom. The lowest BCUT2D eigenvalue weighted by molar-refractivity contribution is -1.02. The minimum Gasteiger partial charge on any atom is -0.454 e. The van der Waals surface area contributed by atoms with E-state index in [1.165, 1.54) is 9.80 Å². The molecular formula is C23H30N4O4+2. The number of piperazine rings is 1. The number of fused-ring (bicyclic) bond motifs is 1. The summed E-state index contributed by atoms with van der Waals surface area (Å²) in [4.78, 5) is 27.9. The quantitative estimate of drug-likeness (QED) is 0.459. The maximum absolute atomic E-state index is 12.5. The average molecular weight is 427 g/mol. The van der Waals surface area contributed by atoms with Gasteiger partial charge < -0.3 is 29.9 Å². The van der Waals surface area contributed by atoms with E-state index < -0.39 is 11.8 Å². The third-order valence-electron chi connectivity index (χ3n) is 6.10. The van der Waals surface area contributed by atoms with Crippen molar-refractivity contribution in [2.45, 2.75) is 13.0 Å². The summed E-state index contributed by atoms with van der Waals surface area (Å²) in [7, 11) is 2.20. The number of hydrogen-bond acceptors (Lipinski definition) is 4. The summed E-state index contributed by atoms with van der Waals surface area (Å²) in [6.45, 7) is 6.61. The van der Waals surface area contributed by atoms with Crippen LogP contribution >= 0.6 is 0 Å². The van der Waals surface area contributed by atoms with Crippen LogP contribution in [0.1, 0.15) is 17.2 Å². The lowest BCUT2D eigenvalue weighted by Crippen LogP contribution is -3.27. The first-order valence-corrected chi connectivity index (χ1v) is 10.7. The number of likely N-dealkylation sites (N-methyl/N-ethyl adjacent to an activating group) is 1. The van der Waals surface area contributed by atoms with E-state index in [4.69, 9.17) is 9.47 Å². The molecule has 2 aliphatic heterocycles. The van der Waals surface area contributed by atoms with E-state index in [0.29, 0.717) is 12.2 Å². The van der Waals surface area contributed by atoms with Crippen LogP contribution in [0.2, 0.25) is 0 Å². The van der Waals surface area contributed by atoms with E-state index in [-0.39, 0.29) is 12.8 Å². The summed E-state index contributed by atoms with van der Waals surface area (Å²) in [6, 6.07) is 13.3. The molecule has 0 spiro atoms. The van der Waals surface area contributed by atoms with Crippen molar-refractivity contribution in [1.29, 1.82) is 0 Å². The third kappa shape index (κ3) is 4.98. The van der Waals surface area contributed by atoms with Crippen LogP contribution in [-0.2, 0) is 9.59 Å². The Hall–Kier alpha value is -3.10. The van der Waals surface area contributed by atoms with Crippen LogP contribution in [-0.4, -0.2) is 58.4 Å². The first-order valence-electron chi connectivity index (χ1n) is 10.7. The predicted molar refractivity (Wildman–Crippen MR) is 115 cm³/mol. The largest absolute Gasteiger partial charge is 0.454 e. The van der Waals surface area contributed by atoms with E-state index in [9.17, 15) is 9.59 Å². The van der Waals surface area contributed by atoms with Crippen LogP contribution in [0.3, 0.4) is 0 Å². The Kier molecular flexibility index (Phi) is 6.39. The summed E-state index contributed by atoms with van der Waals surface area (Å²) in [5, 5.41) is 5.54. The van der Waals surface area contributed by atoms with Gasteiger partial charge in [0.2, 0.25) is 6.79 Å². The lowest BCUT2D eigenvalue weighted by atomic mass is 10.0. The van der Waals surface area contributed by atoms with Gasteiger partial charge in [-0.2, -0.15) is 0 Å². The molecule has 4 N–H and O–H groups in total. The number of benzene rings is 2. The first-order chi connectivity index (χ1) is 15.0. The standard InChI is InChI=1S/C23H28N4O4/c1-16-5-3-4-6-18(16)25-23(29)22(28)24-14-19(27-11-9-26(2)10-12-27)17-7-8-20-21(13-17)31-15-30-20/h3-8,13,19H,9-12,14-15H2,1-2H3,(H,24,28)(H,25,29)/p+2/t19-/m0/s1. The molecular weight excluding hydrogens is 396 g/mol. The van der Waals surface area contributed by atoms with E-state index >= 15 is 0 Å². The van der Waals surface area contributed by atoms with E-state index in [1.54, 1.807) is 6.07 Å². The maximum Gasteiger partial charge on any atom is 0.313 e. The highest BCUT2D eigenvalue weighted by Crippen LogP contribution is 2.33. The summed E-state index contributed by atoms with van der Waals surface area (Å²) in [5.41, 5.74) is 2.62. The van der Waals surface area contributed by atoms with Crippen LogP contribution < -0.4 is 29.9 Å². The van der Waals surface area contributed by atoms with E-state index in [1.807, 2.05) is 43.3 Å². The van der Waals surface area contributed by atoms with E-state index in [2.05, 4.69) is 17.7 Å². The molecule has 164 valence electrons. The Morgan fingerprint density at radius 1 is 1.00 bits per heavy atom. The molecule has 0 aromatic heterocycles. The number of carbonyl (C=O) groups excluding carboxylic acids is 2. The number of hydrogen-bond donors (Lipinski definition) is 4. The number of aryl methyl sites for hydroxylation is 1. The lowest BCUT2D eigenvalue weighted by Gasteiger charge is -2.33. The van der Waals surface area contributed by atoms with Crippen molar-refractivity contribution in [1.82, 2.24) is 5.32 Å². The summed E-state index contributed by atoms with van der Waals surface area (Å²) in [6.07, 6.45) is 0. The number of quaternary nitrogens is 2. The Bertz CT molecular complexity index is 956. The molecule has 1 atom stereocenters. The molecule has 2 aliphatic rings. The zero-order chi connectivity index (χ0) is 21.8. The van der Waals surface area contributed by atoms with Crippen LogP contribution in [0.4, 0.5) is 5.69 Å². The van der Waals surface area contributed by atoms with Crippen molar-refractivity contribution < 1.29 is 28.9 Å². The van der Waals surface area contributed by atoms with Gasteiger partial charge in [0.05, 0.1) is 13.6 Å². The number of rotatable bonds is 5. The number of anilines is 1. The molecule has 8 heteroatoms. The van der Waals surface area contributed by atoms with E-state index in [0.717, 1.165) is 48.8 Å². The Morgan fingerprint density at radius 3 is 2.52 bits per heavy atom. The number of amides is 2. The molecule has 2 heterocycles. The van der Waals surface area contributed by atoms with Gasteiger partial charge in [0.15, 0.2) is 11.5 Å². The molecule has 31 heavy (non-hydrogen) atoms. The maximum atomic E-state index is 12.5. The fourth-order valence-electron chi connectivity index (χ4n) is 4.14. The van der Waals surface area contributed by atoms with Gasteiger partial charge in [-0.25, -0.2) is 0 Å². The van der Waals surface area contributed by atoms with Gasteiger partial charge >= 0.3 is 11.8 Å². The van der Waals surface area contributed by atoms with Crippen molar-refractivity contribution in [3.63, 3.8) is 0 Å². The smallest absolute Gasteiger partial charge is 0.313 e. The van der Waals surface area contributed by atoms with Crippen LogP contribution in [0.5, 0.6) is 11.5 Å². The molecule has 0 unspecified atom stereocenters. The highest BCUT2D eigenvalue weighted by Gasteiger charge is 2.31. The van der Waals surface area contributed by atoms with Crippen molar-refractivity contribution in [2.75, 3.05) is 51.9 Å². The highest BCUT2D eigenvalue weighted by molar-refractivity contribution is 6.39. The number of carbonyl (C=O) groups is 2. The second-order valence-electron chi connectivity index (χ2n) is 8.26. The van der Waals surface area contributed by atoms with Gasteiger partial charge in [-0.15, -0.1) is 0 Å². The van der Waals surface area contributed by atoms with Gasteiger partial charge in [-0.1, -0.05) is 18.2 Å². The van der Waals surface area contributed by atoms with Crippen LogP contribution in [0.15, 0.2) is 42.5 Å². The Balaban J connectivity index is 1.45. The molecule has 0 radical (unpaired) electrons. The second-order valence-corrected chi connectivity index (χ2v) is 8.26. The topological polar surface area (TPSA) is 85.5 Å². The van der Waals surface area contributed by atoms with Gasteiger partial charge in [-0.3, -0.25) is 9.59 Å². The molecule has 4 rings (SSSR count). The fourth-order valence-corrected chi connectivity index (χ4v) is 4.14. The molecule has 1 saturated heterocycles. The van der Waals surface area contributed by atoms with Gasteiger partial charge in [0.1, 0.15) is 32.2 Å². The summed E-state index contributed by atoms with van der Waals surface area (Å²) < 4.78 is 11.0. The van der Waals surface area contributed by atoms with Gasteiger partial charge in [0.25, 0.3) is 0 Å². The minimum atomic E-state index is -0.656. The molecule has 0 bridgehead atoms. The summed E-state index contributed by atoms with van der Waals surface area (Å²) >= 11 is 0. The third-order valence-corrected chi connectivity index (χ3v) is 6.10. The Labute approximate surface area is 182 Å². The first kappa shape index (κ1) is 21.1. The molecule has 2 amide bonds. The minimum absolute atomic E-state index is 0.0258. The summed E-state index contributed by atoms with van der Waals surface area (Å²) in [5.74, 6) is 0.178. The second kappa shape index (κ2) is 9.36. The van der Waals surface area contributed by atoms with Crippen LogP contribution in [0, 0.1) is 6.92 Å².